The Morgan fingerprint density at radius 1 is 1.26 bits per heavy atom. The highest BCUT2D eigenvalue weighted by Crippen LogP contribution is 2.35. The summed E-state index contributed by atoms with van der Waals surface area (Å²) in [6, 6.07) is 7.49. The standard InChI is InChI=1S/C20H28FN3O3/c1-23(2)19(26)20(22-16-5-4-6-17(13-16)27-3)7-9-24(10-8-20)18(25)14-11-15(21)12-14/h4-6,13-15,22H,7-12H2,1-3H3. The Kier molecular flexibility index (Phi) is 5.58. The first-order valence-electron chi connectivity index (χ1n) is 9.41. The molecular formula is C20H28FN3O3. The summed E-state index contributed by atoms with van der Waals surface area (Å²) in [4.78, 5) is 28.9. The fourth-order valence-electron chi connectivity index (χ4n) is 3.91. The third kappa shape index (κ3) is 4.01. The molecule has 1 N–H and O–H groups in total. The van der Waals surface area contributed by atoms with Crippen LogP contribution in [0.5, 0.6) is 5.75 Å². The number of hydrogen-bond donors (Lipinski definition) is 1. The van der Waals surface area contributed by atoms with Crippen molar-refractivity contribution in [3.63, 3.8) is 0 Å². The van der Waals surface area contributed by atoms with Gasteiger partial charge in [-0.05, 0) is 37.8 Å². The molecular weight excluding hydrogens is 349 g/mol. The van der Waals surface area contributed by atoms with Gasteiger partial charge in [-0.15, -0.1) is 0 Å². The second-order valence-corrected chi connectivity index (χ2v) is 7.73. The Bertz CT molecular complexity index is 695. The largest absolute Gasteiger partial charge is 0.497 e. The number of carbonyl (C=O) groups excluding carboxylic acids is 2. The van der Waals surface area contributed by atoms with E-state index < -0.39 is 11.7 Å². The van der Waals surface area contributed by atoms with Gasteiger partial charge in [0.15, 0.2) is 0 Å². The average molecular weight is 377 g/mol. The van der Waals surface area contributed by atoms with Crippen molar-refractivity contribution in [2.45, 2.75) is 37.4 Å². The molecule has 0 aromatic heterocycles. The maximum absolute atomic E-state index is 13.1. The van der Waals surface area contributed by atoms with Gasteiger partial charge in [0.2, 0.25) is 11.8 Å². The second kappa shape index (κ2) is 7.74. The summed E-state index contributed by atoms with van der Waals surface area (Å²) in [5.74, 6) is 0.537. The molecule has 0 bridgehead atoms. The lowest BCUT2D eigenvalue weighted by molar-refractivity contribution is -0.145. The van der Waals surface area contributed by atoms with E-state index in [1.54, 1.807) is 31.0 Å². The van der Waals surface area contributed by atoms with E-state index in [0.717, 1.165) is 5.69 Å². The van der Waals surface area contributed by atoms with Crippen LogP contribution in [-0.4, -0.2) is 67.6 Å². The zero-order chi connectivity index (χ0) is 19.6. The SMILES string of the molecule is COc1cccc(NC2(C(=O)N(C)C)CCN(C(=O)C3CC(F)C3)CC2)c1. The Morgan fingerprint density at radius 3 is 2.48 bits per heavy atom. The molecule has 2 amide bonds. The van der Waals surface area contributed by atoms with Gasteiger partial charge in [0, 0.05) is 44.9 Å². The summed E-state index contributed by atoms with van der Waals surface area (Å²) >= 11 is 0. The van der Waals surface area contributed by atoms with E-state index in [0.29, 0.717) is 44.5 Å². The van der Waals surface area contributed by atoms with Gasteiger partial charge in [0.05, 0.1) is 7.11 Å². The van der Waals surface area contributed by atoms with Crippen molar-refractivity contribution in [3.05, 3.63) is 24.3 Å². The molecule has 1 aromatic rings. The minimum atomic E-state index is -0.840. The van der Waals surface area contributed by atoms with Crippen molar-refractivity contribution in [2.75, 3.05) is 39.6 Å². The van der Waals surface area contributed by atoms with E-state index in [-0.39, 0.29) is 17.7 Å². The molecule has 1 aliphatic carbocycles. The van der Waals surface area contributed by atoms with E-state index in [9.17, 15) is 14.0 Å². The molecule has 7 heteroatoms. The van der Waals surface area contributed by atoms with Gasteiger partial charge in [0.1, 0.15) is 17.5 Å². The van der Waals surface area contributed by atoms with Gasteiger partial charge in [-0.1, -0.05) is 6.07 Å². The number of likely N-dealkylation sites (tertiary alicyclic amines) is 1. The quantitative estimate of drug-likeness (QED) is 0.855. The van der Waals surface area contributed by atoms with Crippen LogP contribution in [0.2, 0.25) is 0 Å². The monoisotopic (exact) mass is 377 g/mol. The number of amides is 2. The maximum Gasteiger partial charge on any atom is 0.247 e. The molecule has 1 aromatic carbocycles. The van der Waals surface area contributed by atoms with Gasteiger partial charge in [-0.3, -0.25) is 9.59 Å². The van der Waals surface area contributed by atoms with Crippen molar-refractivity contribution < 1.29 is 18.7 Å². The molecule has 1 saturated carbocycles. The number of benzene rings is 1. The van der Waals surface area contributed by atoms with Crippen molar-refractivity contribution in [1.29, 1.82) is 0 Å². The minimum absolute atomic E-state index is 0.00937. The minimum Gasteiger partial charge on any atom is -0.497 e. The molecule has 6 nitrogen and oxygen atoms in total. The zero-order valence-corrected chi connectivity index (χ0v) is 16.2. The molecule has 3 rings (SSSR count). The number of nitrogens with zero attached hydrogens (tertiary/aromatic N) is 2. The molecule has 148 valence electrons. The lowest BCUT2D eigenvalue weighted by atomic mass is 9.80. The summed E-state index contributed by atoms with van der Waals surface area (Å²) < 4.78 is 18.3. The number of ether oxygens (including phenoxy) is 1. The fourth-order valence-corrected chi connectivity index (χ4v) is 3.91. The van der Waals surface area contributed by atoms with Crippen LogP contribution < -0.4 is 10.1 Å². The molecule has 1 heterocycles. The normalized spacial score (nSPS) is 23.9. The summed E-state index contributed by atoms with van der Waals surface area (Å²) in [7, 11) is 5.08. The van der Waals surface area contributed by atoms with Gasteiger partial charge in [0.25, 0.3) is 0 Å². The number of nitrogens with one attached hydrogen (secondary N) is 1. The molecule has 27 heavy (non-hydrogen) atoms. The predicted octanol–water partition coefficient (Wildman–Crippen LogP) is 2.30. The highest BCUT2D eigenvalue weighted by Gasteiger charge is 2.45. The van der Waals surface area contributed by atoms with E-state index in [4.69, 9.17) is 4.74 Å². The molecule has 0 spiro atoms. The van der Waals surface area contributed by atoms with Crippen LogP contribution >= 0.6 is 0 Å². The zero-order valence-electron chi connectivity index (χ0n) is 16.2. The number of hydrogen-bond acceptors (Lipinski definition) is 4. The van der Waals surface area contributed by atoms with Crippen molar-refractivity contribution in [2.24, 2.45) is 5.92 Å². The number of methoxy groups -OCH3 is 1. The highest BCUT2D eigenvalue weighted by atomic mass is 19.1. The number of likely N-dealkylation sites (N-methyl/N-ethyl adjacent to an activating group) is 1. The van der Waals surface area contributed by atoms with Crippen LogP contribution in [-0.2, 0) is 9.59 Å². The maximum atomic E-state index is 13.1. The molecule has 2 aliphatic rings. The number of anilines is 1. The van der Waals surface area contributed by atoms with E-state index in [2.05, 4.69) is 5.32 Å². The third-order valence-electron chi connectivity index (χ3n) is 5.63. The van der Waals surface area contributed by atoms with E-state index >= 15 is 0 Å². The lowest BCUT2D eigenvalue weighted by Crippen LogP contribution is -2.59. The third-order valence-corrected chi connectivity index (χ3v) is 5.63. The lowest BCUT2D eigenvalue weighted by Gasteiger charge is -2.44. The molecule has 1 saturated heterocycles. The second-order valence-electron chi connectivity index (χ2n) is 7.73. The Balaban J connectivity index is 1.73. The topological polar surface area (TPSA) is 61.9 Å². The summed E-state index contributed by atoms with van der Waals surface area (Å²) in [5, 5.41) is 3.40. The number of halogens is 1. The Morgan fingerprint density at radius 2 is 1.93 bits per heavy atom. The Labute approximate surface area is 159 Å². The summed E-state index contributed by atoms with van der Waals surface area (Å²) in [6.45, 7) is 0.978. The van der Waals surface area contributed by atoms with Crippen molar-refractivity contribution in [3.8, 4) is 5.75 Å². The average Bonchev–Trinajstić information content (AvgIpc) is 2.65. The first-order chi connectivity index (χ1) is 12.8. The molecule has 0 atom stereocenters. The van der Waals surface area contributed by atoms with Crippen LogP contribution in [0.1, 0.15) is 25.7 Å². The van der Waals surface area contributed by atoms with Crippen molar-refractivity contribution in [1.82, 2.24) is 9.80 Å². The highest BCUT2D eigenvalue weighted by molar-refractivity contribution is 5.90. The number of carbonyl (C=O) groups is 2. The number of piperidine rings is 1. The van der Waals surface area contributed by atoms with Crippen LogP contribution in [0, 0.1) is 5.92 Å². The molecule has 2 fully saturated rings. The summed E-state index contributed by atoms with van der Waals surface area (Å²) in [6.07, 6.45) is 0.850. The van der Waals surface area contributed by atoms with Crippen LogP contribution in [0.15, 0.2) is 24.3 Å². The number of alkyl halides is 1. The number of rotatable bonds is 5. The van der Waals surface area contributed by atoms with Gasteiger partial charge >= 0.3 is 0 Å². The van der Waals surface area contributed by atoms with Gasteiger partial charge in [-0.25, -0.2) is 4.39 Å². The van der Waals surface area contributed by atoms with Crippen LogP contribution in [0.25, 0.3) is 0 Å². The molecule has 0 radical (unpaired) electrons. The molecule has 0 unspecified atom stereocenters. The van der Waals surface area contributed by atoms with Gasteiger partial charge < -0.3 is 19.9 Å². The first-order valence-corrected chi connectivity index (χ1v) is 9.41. The van der Waals surface area contributed by atoms with E-state index in [1.807, 2.05) is 24.3 Å². The Hall–Kier alpha value is -2.31. The fraction of sp³-hybridized carbons (Fsp3) is 0.600. The van der Waals surface area contributed by atoms with Crippen molar-refractivity contribution >= 4 is 17.5 Å². The first kappa shape index (κ1) is 19.5. The van der Waals surface area contributed by atoms with Gasteiger partial charge in [-0.2, -0.15) is 0 Å². The smallest absolute Gasteiger partial charge is 0.247 e. The van der Waals surface area contributed by atoms with Crippen LogP contribution in [0.4, 0.5) is 10.1 Å². The van der Waals surface area contributed by atoms with E-state index in [1.165, 1.54) is 0 Å². The molecule has 1 aliphatic heterocycles. The predicted molar refractivity (Wildman–Crippen MR) is 101 cm³/mol. The van der Waals surface area contributed by atoms with Crippen LogP contribution in [0.3, 0.4) is 0 Å². The summed E-state index contributed by atoms with van der Waals surface area (Å²) in [5.41, 5.74) is 0.0399.